The van der Waals surface area contributed by atoms with Crippen molar-refractivity contribution in [1.82, 2.24) is 14.7 Å². The van der Waals surface area contributed by atoms with E-state index in [1.54, 1.807) is 19.2 Å². The zero-order chi connectivity index (χ0) is 28.3. The lowest BCUT2D eigenvalue weighted by molar-refractivity contribution is -0.0366. The predicted octanol–water partition coefficient (Wildman–Crippen LogP) is 6.29. The van der Waals surface area contributed by atoms with Gasteiger partial charge in [0.2, 0.25) is 0 Å². The molecule has 1 saturated carbocycles. The molecule has 1 aromatic heterocycles. The van der Waals surface area contributed by atoms with Gasteiger partial charge in [-0.1, -0.05) is 12.1 Å². The molecular weight excluding hydrogens is 510 g/mol. The molecule has 1 unspecified atom stereocenters. The molecule has 1 N–H and O–H groups in total. The van der Waals surface area contributed by atoms with Gasteiger partial charge in [-0.25, -0.2) is 9.48 Å². The lowest BCUT2D eigenvalue weighted by atomic mass is 9.87. The second-order valence-corrected chi connectivity index (χ2v) is 11.7. The van der Waals surface area contributed by atoms with Gasteiger partial charge in [0.15, 0.2) is 6.23 Å². The minimum Gasteiger partial charge on any atom is -0.508 e. The first-order chi connectivity index (χ1) is 19.2. The number of hydrogen-bond acceptors (Lipinski definition) is 7. The van der Waals surface area contributed by atoms with E-state index < -0.39 is 5.60 Å². The molecule has 9 nitrogen and oxygen atoms in total. The Morgan fingerprint density at radius 1 is 1.15 bits per heavy atom. The number of nitrogens with zero attached hydrogens (tertiary/aromatic N) is 3. The van der Waals surface area contributed by atoms with Gasteiger partial charge in [0, 0.05) is 45.8 Å². The van der Waals surface area contributed by atoms with Crippen molar-refractivity contribution in [3.05, 3.63) is 42.6 Å². The lowest BCUT2D eigenvalue weighted by Gasteiger charge is -2.43. The Hall–Kier alpha value is -3.30. The summed E-state index contributed by atoms with van der Waals surface area (Å²) in [6.45, 7) is 7.55. The highest BCUT2D eigenvalue weighted by Crippen LogP contribution is 2.39. The summed E-state index contributed by atoms with van der Waals surface area (Å²) in [4.78, 5) is 14.8. The predicted molar refractivity (Wildman–Crippen MR) is 153 cm³/mol. The number of carbonyl (C=O) groups is 1. The highest BCUT2D eigenvalue weighted by molar-refractivity contribution is 5.90. The van der Waals surface area contributed by atoms with Crippen molar-refractivity contribution in [3.63, 3.8) is 0 Å². The number of amides is 1. The van der Waals surface area contributed by atoms with Crippen LogP contribution in [0.3, 0.4) is 0 Å². The van der Waals surface area contributed by atoms with Crippen LogP contribution in [0.15, 0.2) is 42.6 Å². The lowest BCUT2D eigenvalue weighted by Crippen LogP contribution is -2.53. The number of rotatable bonds is 9. The molecule has 5 rings (SSSR count). The van der Waals surface area contributed by atoms with Crippen molar-refractivity contribution in [3.8, 4) is 22.6 Å². The molecule has 1 aliphatic carbocycles. The average Bonchev–Trinajstić information content (AvgIpc) is 3.33. The van der Waals surface area contributed by atoms with E-state index in [1.807, 2.05) is 54.7 Å². The van der Waals surface area contributed by atoms with Crippen molar-refractivity contribution in [2.45, 2.75) is 83.3 Å². The second kappa shape index (κ2) is 12.1. The number of phenolic OH excluding ortho intramolecular Hbond substituents is 1. The number of hydrogen-bond donors (Lipinski definition) is 1. The zero-order valence-electron chi connectivity index (χ0n) is 24.0. The van der Waals surface area contributed by atoms with Crippen LogP contribution in [0.1, 0.15) is 65.5 Å². The Balaban J connectivity index is 1.37. The molecular formula is C31H41N3O6. The fraction of sp³-hybridized carbons (Fsp3) is 0.548. The molecule has 0 radical (unpaired) electrons. The molecule has 3 aromatic rings. The molecule has 216 valence electrons. The Kier molecular flexibility index (Phi) is 8.51. The minimum atomic E-state index is -0.557. The maximum Gasteiger partial charge on any atom is 0.410 e. The third kappa shape index (κ3) is 6.53. The second-order valence-electron chi connectivity index (χ2n) is 11.7. The molecule has 0 spiro atoms. The smallest absolute Gasteiger partial charge is 0.410 e. The first-order valence-corrected chi connectivity index (χ1v) is 14.3. The number of phenols is 1. The number of aromatic hydroxyl groups is 1. The third-order valence-corrected chi connectivity index (χ3v) is 7.49. The van der Waals surface area contributed by atoms with Crippen molar-refractivity contribution < 1.29 is 28.8 Å². The van der Waals surface area contributed by atoms with Crippen LogP contribution in [-0.2, 0) is 14.2 Å². The van der Waals surface area contributed by atoms with Gasteiger partial charge < -0.3 is 29.0 Å². The molecule has 2 aliphatic rings. The van der Waals surface area contributed by atoms with Crippen molar-refractivity contribution in [1.29, 1.82) is 0 Å². The highest BCUT2D eigenvalue weighted by Gasteiger charge is 2.39. The van der Waals surface area contributed by atoms with Gasteiger partial charge in [-0.05, 0) is 81.8 Å². The van der Waals surface area contributed by atoms with Gasteiger partial charge in [0.05, 0.1) is 17.1 Å². The molecule has 2 aromatic carbocycles. The largest absolute Gasteiger partial charge is 0.508 e. The molecule has 0 bridgehead atoms. The van der Waals surface area contributed by atoms with E-state index in [0.717, 1.165) is 72.9 Å². The number of aromatic nitrogens is 2. The van der Waals surface area contributed by atoms with Crippen LogP contribution in [0.2, 0.25) is 0 Å². The maximum absolute atomic E-state index is 13.0. The molecule has 9 heteroatoms. The van der Waals surface area contributed by atoms with Crippen LogP contribution in [0.25, 0.3) is 22.0 Å². The summed E-state index contributed by atoms with van der Waals surface area (Å²) in [5, 5.41) is 15.5. The molecule has 1 saturated heterocycles. The molecule has 1 atom stereocenters. The molecule has 2 heterocycles. The van der Waals surface area contributed by atoms with E-state index in [0.29, 0.717) is 13.2 Å². The van der Waals surface area contributed by atoms with Gasteiger partial charge in [-0.2, -0.15) is 5.10 Å². The molecule has 2 fully saturated rings. The fourth-order valence-electron chi connectivity index (χ4n) is 5.37. The van der Waals surface area contributed by atoms with Gasteiger partial charge >= 0.3 is 6.09 Å². The molecule has 1 amide bonds. The zero-order valence-corrected chi connectivity index (χ0v) is 24.0. The van der Waals surface area contributed by atoms with E-state index in [2.05, 4.69) is 6.07 Å². The third-order valence-electron chi connectivity index (χ3n) is 7.49. The van der Waals surface area contributed by atoms with Gasteiger partial charge in [-0.3, -0.25) is 0 Å². The minimum absolute atomic E-state index is 0.0371. The van der Waals surface area contributed by atoms with Crippen molar-refractivity contribution in [2.75, 3.05) is 26.9 Å². The summed E-state index contributed by atoms with van der Waals surface area (Å²) in [5.41, 5.74) is 2.35. The van der Waals surface area contributed by atoms with Crippen LogP contribution in [0, 0.1) is 0 Å². The fourth-order valence-corrected chi connectivity index (χ4v) is 5.37. The van der Waals surface area contributed by atoms with Gasteiger partial charge in [0.25, 0.3) is 0 Å². The van der Waals surface area contributed by atoms with Crippen LogP contribution in [-0.4, -0.2) is 70.5 Å². The summed E-state index contributed by atoms with van der Waals surface area (Å²) in [5.74, 6) is 0.983. The topological polar surface area (TPSA) is 95.3 Å². The highest BCUT2D eigenvalue weighted by atomic mass is 16.6. The van der Waals surface area contributed by atoms with E-state index in [-0.39, 0.29) is 30.2 Å². The van der Waals surface area contributed by atoms with Crippen LogP contribution >= 0.6 is 0 Å². The number of carbonyl (C=O) groups excluding carboxylic acids is 1. The summed E-state index contributed by atoms with van der Waals surface area (Å²) in [6, 6.07) is 11.4. The van der Waals surface area contributed by atoms with E-state index in [4.69, 9.17) is 24.0 Å². The van der Waals surface area contributed by atoms with Crippen molar-refractivity contribution >= 4 is 17.0 Å². The number of ether oxygens (including phenoxy) is 4. The van der Waals surface area contributed by atoms with Crippen LogP contribution in [0.5, 0.6) is 11.5 Å². The van der Waals surface area contributed by atoms with E-state index in [9.17, 15) is 9.90 Å². The summed E-state index contributed by atoms with van der Waals surface area (Å²) in [6.07, 6.45) is 6.71. The monoisotopic (exact) mass is 551 g/mol. The Morgan fingerprint density at radius 3 is 2.60 bits per heavy atom. The Morgan fingerprint density at radius 2 is 1.93 bits per heavy atom. The first-order valence-electron chi connectivity index (χ1n) is 14.3. The van der Waals surface area contributed by atoms with Gasteiger partial charge in [0.1, 0.15) is 23.2 Å². The quantitative estimate of drug-likeness (QED) is 0.312. The summed E-state index contributed by atoms with van der Waals surface area (Å²) < 4.78 is 25.5. The van der Waals surface area contributed by atoms with Crippen LogP contribution < -0.4 is 4.74 Å². The van der Waals surface area contributed by atoms with Gasteiger partial charge in [-0.15, -0.1) is 0 Å². The average molecular weight is 552 g/mol. The standard InChI is InChI=1S/C31H41N3O6/c1-31(2,3)40-30(36)33(13-7-14-37-4)23-18-25(19-23)39-28-17-22(21-9-11-24(35)12-10-21)16-27-26(28)20-32-34(27)29-8-5-6-15-38-29/h9-12,16-17,20,23,25,29,35H,5-8,13-15,18-19H2,1-4H3. The Labute approximate surface area is 236 Å². The summed E-state index contributed by atoms with van der Waals surface area (Å²) >= 11 is 0. The maximum atomic E-state index is 13.0. The SMILES string of the molecule is COCCCN(C(=O)OC(C)(C)C)C1CC(Oc2cc(-c3ccc(O)cc3)cc3c2cnn3C2CCCCO2)C1. The van der Waals surface area contributed by atoms with Crippen molar-refractivity contribution in [2.24, 2.45) is 0 Å². The Bertz CT molecular complexity index is 1290. The van der Waals surface area contributed by atoms with Crippen LogP contribution in [0.4, 0.5) is 4.79 Å². The number of fused-ring (bicyclic) bond motifs is 1. The number of methoxy groups -OCH3 is 1. The van der Waals surface area contributed by atoms with E-state index >= 15 is 0 Å². The molecule has 40 heavy (non-hydrogen) atoms. The number of benzene rings is 2. The van der Waals surface area contributed by atoms with E-state index in [1.165, 1.54) is 0 Å². The first kappa shape index (κ1) is 28.2. The normalized spacial score (nSPS) is 21.1. The molecule has 1 aliphatic heterocycles. The summed E-state index contributed by atoms with van der Waals surface area (Å²) in [7, 11) is 1.67.